The number of nitrogens with two attached hydrogens (primary N) is 1. The Bertz CT molecular complexity index is 399. The summed E-state index contributed by atoms with van der Waals surface area (Å²) in [5.41, 5.74) is 6.04. The second-order valence-corrected chi connectivity index (χ2v) is 3.00. The molecule has 0 aliphatic rings. The van der Waals surface area contributed by atoms with Crippen molar-refractivity contribution in [2.24, 2.45) is 17.8 Å². The maximum absolute atomic E-state index is 11.4. The van der Waals surface area contributed by atoms with Crippen LogP contribution in [0.15, 0.2) is 11.2 Å². The fourth-order valence-electron chi connectivity index (χ4n) is 1.03. The molecule has 0 saturated carbocycles. The lowest BCUT2D eigenvalue weighted by Gasteiger charge is -2.00. The van der Waals surface area contributed by atoms with E-state index in [4.69, 9.17) is 17.3 Å². The van der Waals surface area contributed by atoms with Crippen molar-refractivity contribution < 1.29 is 9.53 Å². The predicted molar refractivity (Wildman–Crippen MR) is 56.5 cm³/mol. The lowest BCUT2D eigenvalue weighted by Crippen LogP contribution is -2.13. The van der Waals surface area contributed by atoms with Crippen molar-refractivity contribution in [3.63, 3.8) is 0 Å². The van der Waals surface area contributed by atoms with Crippen molar-refractivity contribution in [1.82, 2.24) is 9.78 Å². The summed E-state index contributed by atoms with van der Waals surface area (Å²) >= 11 is 5.48. The SMILES string of the molecule is COC(=O)c1c(N=C(N)CCl)cnn1C. The molecule has 0 spiro atoms. The molecule has 2 N–H and O–H groups in total. The zero-order chi connectivity index (χ0) is 11.4. The summed E-state index contributed by atoms with van der Waals surface area (Å²) in [5, 5.41) is 3.88. The number of carbonyl (C=O) groups is 1. The number of methoxy groups -OCH3 is 1. The Hall–Kier alpha value is -1.56. The number of hydrogen-bond acceptors (Lipinski definition) is 4. The van der Waals surface area contributed by atoms with Gasteiger partial charge in [0.1, 0.15) is 11.5 Å². The van der Waals surface area contributed by atoms with Crippen LogP contribution in [0, 0.1) is 0 Å². The molecule has 0 aliphatic heterocycles. The topological polar surface area (TPSA) is 82.5 Å². The van der Waals surface area contributed by atoms with Crippen molar-refractivity contribution in [2.45, 2.75) is 0 Å². The minimum atomic E-state index is -0.517. The molecule has 15 heavy (non-hydrogen) atoms. The summed E-state index contributed by atoms with van der Waals surface area (Å²) in [6.07, 6.45) is 1.42. The van der Waals surface area contributed by atoms with Crippen LogP contribution in [0.3, 0.4) is 0 Å². The standard InChI is InChI=1S/C8H11ClN4O2/c1-13-7(8(14)15-2)5(4-11-13)12-6(10)3-9/h4H,3H2,1-2H3,(H2,10,12). The minimum absolute atomic E-state index is 0.0928. The molecule has 0 aliphatic carbocycles. The Morgan fingerprint density at radius 2 is 2.47 bits per heavy atom. The summed E-state index contributed by atoms with van der Waals surface area (Å²) in [6.45, 7) is 0. The number of aromatic nitrogens is 2. The molecule has 0 saturated heterocycles. The summed E-state index contributed by atoms with van der Waals surface area (Å²) in [5.74, 6) is -0.207. The minimum Gasteiger partial charge on any atom is -0.464 e. The number of halogens is 1. The Kier molecular flexibility index (Phi) is 3.68. The largest absolute Gasteiger partial charge is 0.464 e. The van der Waals surface area contributed by atoms with Crippen molar-refractivity contribution >= 4 is 29.1 Å². The third-order valence-corrected chi connectivity index (χ3v) is 1.97. The molecular weight excluding hydrogens is 220 g/mol. The van der Waals surface area contributed by atoms with Crippen molar-refractivity contribution in [1.29, 1.82) is 0 Å². The Morgan fingerprint density at radius 3 is 3.00 bits per heavy atom. The Labute approximate surface area is 91.7 Å². The first-order valence-electron chi connectivity index (χ1n) is 4.09. The van der Waals surface area contributed by atoms with E-state index in [9.17, 15) is 4.79 Å². The van der Waals surface area contributed by atoms with Gasteiger partial charge in [0.05, 0.1) is 19.2 Å². The van der Waals surface area contributed by atoms with Gasteiger partial charge in [-0.15, -0.1) is 11.6 Å². The number of nitrogens with zero attached hydrogens (tertiary/aromatic N) is 3. The van der Waals surface area contributed by atoms with Gasteiger partial charge in [-0.05, 0) is 0 Å². The fourth-order valence-corrected chi connectivity index (χ4v) is 1.09. The van der Waals surface area contributed by atoms with Crippen LogP contribution in [0.2, 0.25) is 0 Å². The van der Waals surface area contributed by atoms with Crippen LogP contribution in [0.1, 0.15) is 10.5 Å². The molecule has 0 bridgehead atoms. The zero-order valence-electron chi connectivity index (χ0n) is 8.40. The van der Waals surface area contributed by atoms with Crippen molar-refractivity contribution in [3.8, 4) is 0 Å². The maximum atomic E-state index is 11.4. The van der Waals surface area contributed by atoms with Crippen LogP contribution in [0.4, 0.5) is 5.69 Å². The van der Waals surface area contributed by atoms with Crippen LogP contribution in [0.25, 0.3) is 0 Å². The van der Waals surface area contributed by atoms with Gasteiger partial charge < -0.3 is 10.5 Å². The van der Waals surface area contributed by atoms with E-state index in [1.807, 2.05) is 0 Å². The molecule has 1 rings (SSSR count). The van der Waals surface area contributed by atoms with Crippen LogP contribution < -0.4 is 5.73 Å². The first-order valence-corrected chi connectivity index (χ1v) is 4.63. The van der Waals surface area contributed by atoms with E-state index in [1.165, 1.54) is 18.0 Å². The number of amidine groups is 1. The first-order chi connectivity index (χ1) is 7.10. The molecule has 0 fully saturated rings. The summed E-state index contributed by atoms with van der Waals surface area (Å²) in [4.78, 5) is 15.3. The predicted octanol–water partition coefficient (Wildman–Crippen LogP) is 0.434. The van der Waals surface area contributed by atoms with Crippen molar-refractivity contribution in [2.75, 3.05) is 13.0 Å². The summed E-state index contributed by atoms with van der Waals surface area (Å²) in [6, 6.07) is 0. The fraction of sp³-hybridized carbons (Fsp3) is 0.375. The van der Waals surface area contributed by atoms with Gasteiger partial charge in [0.2, 0.25) is 0 Å². The van der Waals surface area contributed by atoms with Crippen molar-refractivity contribution in [3.05, 3.63) is 11.9 Å². The molecule has 0 aromatic carbocycles. The van der Waals surface area contributed by atoms with Gasteiger partial charge in [0.15, 0.2) is 5.69 Å². The number of rotatable bonds is 3. The van der Waals surface area contributed by atoms with E-state index >= 15 is 0 Å². The number of esters is 1. The average molecular weight is 231 g/mol. The second-order valence-electron chi connectivity index (χ2n) is 2.73. The van der Waals surface area contributed by atoms with Crippen LogP contribution in [-0.2, 0) is 11.8 Å². The van der Waals surface area contributed by atoms with Gasteiger partial charge in [-0.3, -0.25) is 4.68 Å². The molecule has 6 nitrogen and oxygen atoms in total. The van der Waals surface area contributed by atoms with Gasteiger partial charge >= 0.3 is 5.97 Å². The van der Waals surface area contributed by atoms with Crippen LogP contribution >= 0.6 is 11.6 Å². The second kappa shape index (κ2) is 4.79. The number of ether oxygens (including phenoxy) is 1. The average Bonchev–Trinajstić information content (AvgIpc) is 2.58. The number of aryl methyl sites for hydroxylation is 1. The highest BCUT2D eigenvalue weighted by molar-refractivity contribution is 6.28. The van der Waals surface area contributed by atoms with Gasteiger partial charge in [-0.1, -0.05) is 0 Å². The number of hydrogen-bond donors (Lipinski definition) is 1. The molecule has 0 atom stereocenters. The molecule has 1 aromatic heterocycles. The van der Waals surface area contributed by atoms with E-state index in [1.54, 1.807) is 7.05 Å². The molecule has 1 heterocycles. The highest BCUT2D eigenvalue weighted by Gasteiger charge is 2.17. The molecular formula is C8H11ClN4O2. The van der Waals surface area contributed by atoms with Gasteiger partial charge in [-0.2, -0.15) is 5.10 Å². The van der Waals surface area contributed by atoms with Gasteiger partial charge in [-0.25, -0.2) is 9.79 Å². The first kappa shape index (κ1) is 11.5. The van der Waals surface area contributed by atoms with E-state index < -0.39 is 5.97 Å². The third kappa shape index (κ3) is 2.47. The number of alkyl halides is 1. The maximum Gasteiger partial charge on any atom is 0.358 e. The molecule has 0 amide bonds. The molecule has 1 aromatic rings. The summed E-state index contributed by atoms with van der Waals surface area (Å²) in [7, 11) is 2.90. The normalized spacial score (nSPS) is 11.5. The monoisotopic (exact) mass is 230 g/mol. The highest BCUT2D eigenvalue weighted by Crippen LogP contribution is 2.18. The van der Waals surface area contributed by atoms with Gasteiger partial charge in [0, 0.05) is 7.05 Å². The quantitative estimate of drug-likeness (QED) is 0.353. The number of carbonyl (C=O) groups excluding carboxylic acids is 1. The lowest BCUT2D eigenvalue weighted by molar-refractivity contribution is 0.0589. The van der Waals surface area contributed by atoms with Crippen LogP contribution in [-0.4, -0.2) is 34.6 Å². The summed E-state index contributed by atoms with van der Waals surface area (Å²) < 4.78 is 5.96. The zero-order valence-corrected chi connectivity index (χ0v) is 9.15. The molecule has 0 radical (unpaired) electrons. The van der Waals surface area contributed by atoms with E-state index in [0.717, 1.165) is 0 Å². The molecule has 82 valence electrons. The highest BCUT2D eigenvalue weighted by atomic mass is 35.5. The Balaban J connectivity index is 3.15. The van der Waals surface area contributed by atoms with E-state index in [0.29, 0.717) is 5.69 Å². The van der Waals surface area contributed by atoms with E-state index in [-0.39, 0.29) is 17.4 Å². The smallest absolute Gasteiger partial charge is 0.358 e. The lowest BCUT2D eigenvalue weighted by atomic mass is 10.3. The third-order valence-electron chi connectivity index (χ3n) is 1.70. The number of aliphatic imine (C=N–C) groups is 1. The van der Waals surface area contributed by atoms with E-state index in [2.05, 4.69) is 14.8 Å². The van der Waals surface area contributed by atoms with Crippen LogP contribution in [0.5, 0.6) is 0 Å². The Morgan fingerprint density at radius 1 is 1.80 bits per heavy atom. The molecule has 7 heteroatoms. The molecule has 0 unspecified atom stereocenters. The van der Waals surface area contributed by atoms with Gasteiger partial charge in [0.25, 0.3) is 0 Å².